The third kappa shape index (κ3) is 4.46. The van der Waals surface area contributed by atoms with E-state index in [1.165, 1.54) is 0 Å². The van der Waals surface area contributed by atoms with Crippen LogP contribution in [0.4, 0.5) is 0 Å². The predicted octanol–water partition coefficient (Wildman–Crippen LogP) is -1.36. The van der Waals surface area contributed by atoms with E-state index in [9.17, 15) is 26.4 Å². The standard InChI is InChI=1S/C5H8O8S2/c1-3(6)2-4(7)5(14(8,9)10)15(11,12)13/h5H,2H2,1H3,(H,8,9,10)(H,11,12,13). The molecule has 0 aromatic heterocycles. The first-order valence-electron chi connectivity index (χ1n) is 3.41. The molecule has 10 heteroatoms. The van der Waals surface area contributed by atoms with Crippen molar-refractivity contribution in [2.45, 2.75) is 17.9 Å². The maximum Gasteiger partial charge on any atom is 0.292 e. The van der Waals surface area contributed by atoms with Crippen LogP contribution in [0.5, 0.6) is 0 Å². The Morgan fingerprint density at radius 2 is 1.40 bits per heavy atom. The van der Waals surface area contributed by atoms with E-state index in [1.807, 2.05) is 0 Å². The highest BCUT2D eigenvalue weighted by Crippen LogP contribution is 2.10. The van der Waals surface area contributed by atoms with Crippen molar-refractivity contribution in [3.63, 3.8) is 0 Å². The lowest BCUT2D eigenvalue weighted by molar-refractivity contribution is -0.124. The Hall–Kier alpha value is -0.840. The summed E-state index contributed by atoms with van der Waals surface area (Å²) in [6, 6.07) is 0. The van der Waals surface area contributed by atoms with Crippen LogP contribution in [0.3, 0.4) is 0 Å². The minimum atomic E-state index is -5.31. The number of hydrogen-bond acceptors (Lipinski definition) is 6. The average Bonchev–Trinajstić information content (AvgIpc) is 1.74. The van der Waals surface area contributed by atoms with Gasteiger partial charge in [-0.25, -0.2) is 0 Å². The van der Waals surface area contributed by atoms with Crippen LogP contribution in [-0.2, 0) is 29.8 Å². The Bertz CT molecular complexity index is 437. The first-order chi connectivity index (χ1) is 6.46. The van der Waals surface area contributed by atoms with Crippen molar-refractivity contribution in [2.75, 3.05) is 0 Å². The number of carbonyl (C=O) groups excluding carboxylic acids is 2. The van der Waals surface area contributed by atoms with E-state index in [-0.39, 0.29) is 0 Å². The molecular formula is C5H8O8S2. The largest absolute Gasteiger partial charge is 0.300 e. The summed E-state index contributed by atoms with van der Waals surface area (Å²) in [5, 5.41) is 0. The molecule has 0 amide bonds. The van der Waals surface area contributed by atoms with E-state index < -0.39 is 42.8 Å². The summed E-state index contributed by atoms with van der Waals surface area (Å²) in [6.07, 6.45) is -1.01. The van der Waals surface area contributed by atoms with Crippen molar-refractivity contribution in [1.82, 2.24) is 0 Å². The Balaban J connectivity index is 5.36. The second-order valence-corrected chi connectivity index (χ2v) is 6.01. The zero-order valence-electron chi connectivity index (χ0n) is 7.44. The molecule has 0 bridgehead atoms. The summed E-state index contributed by atoms with van der Waals surface area (Å²) in [4.78, 5) is 21.4. The van der Waals surface area contributed by atoms with Crippen molar-refractivity contribution in [3.05, 3.63) is 0 Å². The molecule has 0 aliphatic carbocycles. The smallest absolute Gasteiger partial charge is 0.292 e. The summed E-state index contributed by atoms with van der Waals surface area (Å²) < 4.78 is 55.7. The molecule has 0 atom stereocenters. The lowest BCUT2D eigenvalue weighted by Crippen LogP contribution is -2.38. The predicted molar refractivity (Wildman–Crippen MR) is 47.2 cm³/mol. The van der Waals surface area contributed by atoms with E-state index in [2.05, 4.69) is 0 Å². The number of ketones is 2. The second-order valence-electron chi connectivity index (χ2n) is 2.71. The Labute approximate surface area is 85.8 Å². The molecule has 0 heterocycles. The zero-order chi connectivity index (χ0) is 12.4. The van der Waals surface area contributed by atoms with Gasteiger partial charge in [-0.1, -0.05) is 0 Å². The zero-order valence-corrected chi connectivity index (χ0v) is 9.08. The fourth-order valence-electron chi connectivity index (χ4n) is 0.815. The van der Waals surface area contributed by atoms with Crippen LogP contribution in [0.15, 0.2) is 0 Å². The Kier molecular flexibility index (Phi) is 4.10. The summed E-state index contributed by atoms with van der Waals surface area (Å²) in [5.74, 6) is -2.40. The molecule has 0 rings (SSSR count). The molecule has 8 nitrogen and oxygen atoms in total. The van der Waals surface area contributed by atoms with Gasteiger partial charge >= 0.3 is 0 Å². The maximum atomic E-state index is 10.9. The van der Waals surface area contributed by atoms with E-state index in [4.69, 9.17) is 9.11 Å². The van der Waals surface area contributed by atoms with Gasteiger partial charge in [0.2, 0.25) is 0 Å². The van der Waals surface area contributed by atoms with Gasteiger partial charge in [-0.05, 0) is 6.92 Å². The molecule has 0 aliphatic rings. The molecule has 15 heavy (non-hydrogen) atoms. The lowest BCUT2D eigenvalue weighted by Gasteiger charge is -2.07. The van der Waals surface area contributed by atoms with Crippen LogP contribution in [-0.4, -0.2) is 42.1 Å². The molecule has 2 N–H and O–H groups in total. The van der Waals surface area contributed by atoms with E-state index in [0.29, 0.717) is 0 Å². The van der Waals surface area contributed by atoms with Gasteiger partial charge < -0.3 is 0 Å². The van der Waals surface area contributed by atoms with Gasteiger partial charge in [-0.2, -0.15) is 16.8 Å². The number of Topliss-reactive ketones (excluding diaryl/α,β-unsaturated/α-hetero) is 2. The van der Waals surface area contributed by atoms with Crippen molar-refractivity contribution in [3.8, 4) is 0 Å². The Morgan fingerprint density at radius 1 is 1.07 bits per heavy atom. The van der Waals surface area contributed by atoms with Gasteiger partial charge in [0.1, 0.15) is 5.78 Å². The van der Waals surface area contributed by atoms with Gasteiger partial charge in [0.25, 0.3) is 24.8 Å². The minimum Gasteiger partial charge on any atom is -0.300 e. The SMILES string of the molecule is CC(=O)CC(=O)C(S(=O)(=O)O)S(=O)(=O)O. The number of hydrogen-bond donors (Lipinski definition) is 2. The third-order valence-electron chi connectivity index (χ3n) is 1.23. The topological polar surface area (TPSA) is 143 Å². The summed E-state index contributed by atoms with van der Waals surface area (Å²) in [6.45, 7) is 0.920. The van der Waals surface area contributed by atoms with Crippen molar-refractivity contribution in [2.24, 2.45) is 0 Å². The first kappa shape index (κ1) is 14.2. The van der Waals surface area contributed by atoms with E-state index >= 15 is 0 Å². The number of carbonyl (C=O) groups is 2. The molecular weight excluding hydrogens is 252 g/mol. The van der Waals surface area contributed by atoms with Gasteiger partial charge in [-0.15, -0.1) is 0 Å². The van der Waals surface area contributed by atoms with Crippen molar-refractivity contribution >= 4 is 31.8 Å². The molecule has 0 spiro atoms. The lowest BCUT2D eigenvalue weighted by atomic mass is 10.2. The average molecular weight is 260 g/mol. The van der Waals surface area contributed by atoms with Crippen molar-refractivity contribution < 1.29 is 35.5 Å². The van der Waals surface area contributed by atoms with E-state index in [1.54, 1.807) is 0 Å². The van der Waals surface area contributed by atoms with Gasteiger partial charge in [-0.3, -0.25) is 18.7 Å². The van der Waals surface area contributed by atoms with Crippen LogP contribution < -0.4 is 0 Å². The van der Waals surface area contributed by atoms with Gasteiger partial charge in [0.05, 0.1) is 6.42 Å². The fourth-order valence-corrected chi connectivity index (χ4v) is 2.88. The minimum absolute atomic E-state index is 0.794. The molecule has 0 aliphatic heterocycles. The molecule has 0 saturated carbocycles. The molecule has 0 unspecified atom stereocenters. The normalized spacial score (nSPS) is 12.8. The van der Waals surface area contributed by atoms with Crippen LogP contribution >= 0.6 is 0 Å². The molecule has 0 radical (unpaired) electrons. The molecule has 0 saturated heterocycles. The second kappa shape index (κ2) is 4.35. The Morgan fingerprint density at radius 3 is 1.60 bits per heavy atom. The van der Waals surface area contributed by atoms with Crippen LogP contribution in [0.2, 0.25) is 0 Å². The fraction of sp³-hybridized carbons (Fsp3) is 0.600. The summed E-state index contributed by atoms with van der Waals surface area (Å²) in [5.41, 5.74) is 0. The van der Waals surface area contributed by atoms with Crippen LogP contribution in [0.1, 0.15) is 13.3 Å². The number of rotatable bonds is 5. The molecule has 0 fully saturated rings. The molecule has 88 valence electrons. The third-order valence-corrected chi connectivity index (χ3v) is 4.29. The summed E-state index contributed by atoms with van der Waals surface area (Å²) >= 11 is 0. The van der Waals surface area contributed by atoms with Gasteiger partial charge in [0.15, 0.2) is 5.78 Å². The summed E-state index contributed by atoms with van der Waals surface area (Å²) in [7, 11) is -10.6. The first-order valence-corrected chi connectivity index (χ1v) is 6.41. The monoisotopic (exact) mass is 260 g/mol. The highest BCUT2D eigenvalue weighted by atomic mass is 32.3. The highest BCUT2D eigenvalue weighted by molar-refractivity contribution is 8.05. The molecule has 0 aromatic rings. The highest BCUT2D eigenvalue weighted by Gasteiger charge is 2.42. The maximum absolute atomic E-state index is 10.9. The van der Waals surface area contributed by atoms with Gasteiger partial charge in [0, 0.05) is 0 Å². The van der Waals surface area contributed by atoms with E-state index in [0.717, 1.165) is 6.92 Å². The van der Waals surface area contributed by atoms with Crippen LogP contribution in [0, 0.1) is 0 Å². The quantitative estimate of drug-likeness (QED) is 0.455. The van der Waals surface area contributed by atoms with Crippen molar-refractivity contribution in [1.29, 1.82) is 0 Å². The van der Waals surface area contributed by atoms with Crippen LogP contribution in [0.25, 0.3) is 0 Å². The molecule has 0 aromatic carbocycles.